The lowest BCUT2D eigenvalue weighted by Crippen LogP contribution is -2.52. The number of hydrogen-bond donors (Lipinski definition) is 1. The van der Waals surface area contributed by atoms with E-state index in [1.54, 1.807) is 5.32 Å². The second-order valence-electron chi connectivity index (χ2n) is 7.34. The normalized spacial score (nSPS) is 26.5. The third-order valence-corrected chi connectivity index (χ3v) is 5.49. The molecule has 3 amide bonds. The van der Waals surface area contributed by atoms with Gasteiger partial charge in [0.2, 0.25) is 17.6 Å². The van der Waals surface area contributed by atoms with Crippen LogP contribution in [0.4, 0.5) is 8.78 Å². The minimum Gasteiger partial charge on any atom is -0.322 e. The van der Waals surface area contributed by atoms with Gasteiger partial charge in [0.1, 0.15) is 6.02 Å². The van der Waals surface area contributed by atoms with Crippen LogP contribution in [0.15, 0.2) is 42.5 Å². The largest absolute Gasteiger partial charge is 0.330 e. The van der Waals surface area contributed by atoms with E-state index in [1.165, 1.54) is 30.3 Å². The average Bonchev–Trinajstić information content (AvgIpc) is 3.16. The maximum Gasteiger partial charge on any atom is 0.330 e. The van der Waals surface area contributed by atoms with Crippen molar-refractivity contribution in [1.29, 1.82) is 0 Å². The number of nitrogens with zero attached hydrogens (tertiary/aromatic N) is 1. The standard InChI is InChI=1S/C23H19ClF2N2O4/c24-16-5-3-15(4-6-16)23(25,26)19(29)9-2-13-1-7-17-14(11-13)12-28(22(17)32)18-8-10-20(30)27-21(18)31/h1,3-7,11,18H,2,8-10,12H2,(H,27,30,31)/i8D2,10D,18D. The Morgan fingerprint density at radius 3 is 2.66 bits per heavy atom. The Morgan fingerprint density at radius 2 is 1.94 bits per heavy atom. The van der Waals surface area contributed by atoms with E-state index in [4.69, 9.17) is 17.1 Å². The van der Waals surface area contributed by atoms with Gasteiger partial charge in [-0.15, -0.1) is 0 Å². The Balaban J connectivity index is 1.52. The van der Waals surface area contributed by atoms with Gasteiger partial charge in [-0.3, -0.25) is 24.5 Å². The van der Waals surface area contributed by atoms with Crippen LogP contribution in [0.1, 0.15) is 51.7 Å². The van der Waals surface area contributed by atoms with Gasteiger partial charge in [0.15, 0.2) is 0 Å². The molecule has 6 nitrogen and oxygen atoms in total. The van der Waals surface area contributed by atoms with Crippen molar-refractivity contribution in [3.8, 4) is 0 Å². The molecule has 0 saturated carbocycles. The zero-order chi connectivity index (χ0) is 26.6. The average molecular weight is 465 g/mol. The molecule has 1 fully saturated rings. The van der Waals surface area contributed by atoms with Gasteiger partial charge in [-0.05, 0) is 42.1 Å². The molecule has 2 aromatic rings. The highest BCUT2D eigenvalue weighted by Gasteiger charge is 2.41. The number of benzene rings is 2. The number of carbonyl (C=O) groups is 4. The SMILES string of the molecule is [2H]C1C(=O)NC(=O)C([2H])(N2Cc3cc(CCC(=O)C(F)(F)c4ccc(Cl)cc4)ccc3C2=O)C1([2H])[2H]. The Labute approximate surface area is 193 Å². The maximum atomic E-state index is 14.5. The van der Waals surface area contributed by atoms with Crippen LogP contribution in [-0.2, 0) is 33.3 Å². The molecule has 2 aliphatic rings. The van der Waals surface area contributed by atoms with Crippen molar-refractivity contribution in [3.05, 3.63) is 69.7 Å². The molecule has 32 heavy (non-hydrogen) atoms. The molecule has 2 heterocycles. The summed E-state index contributed by atoms with van der Waals surface area (Å²) in [6, 6.07) is 6.02. The van der Waals surface area contributed by atoms with Crippen LogP contribution >= 0.6 is 11.6 Å². The highest BCUT2D eigenvalue weighted by Crippen LogP contribution is 2.32. The molecule has 9 heteroatoms. The van der Waals surface area contributed by atoms with Gasteiger partial charge in [-0.1, -0.05) is 35.9 Å². The van der Waals surface area contributed by atoms with E-state index < -0.39 is 60.2 Å². The number of Topliss-reactive ketones (excluding diaryl/α,β-unsaturated/α-hetero) is 1. The van der Waals surface area contributed by atoms with E-state index in [1.807, 2.05) is 0 Å². The first-order valence-electron chi connectivity index (χ1n) is 11.7. The second-order valence-corrected chi connectivity index (χ2v) is 7.78. The molecule has 1 saturated heterocycles. The monoisotopic (exact) mass is 464 g/mol. The van der Waals surface area contributed by atoms with Crippen LogP contribution in [-0.4, -0.2) is 34.4 Å². The summed E-state index contributed by atoms with van der Waals surface area (Å²) in [6.07, 6.45) is -5.72. The maximum absolute atomic E-state index is 14.5. The van der Waals surface area contributed by atoms with E-state index >= 15 is 0 Å². The number of ketones is 1. The van der Waals surface area contributed by atoms with Crippen molar-refractivity contribution < 1.29 is 33.4 Å². The van der Waals surface area contributed by atoms with Gasteiger partial charge in [0.05, 0.1) is 1.37 Å². The first-order chi connectivity index (χ1) is 16.7. The summed E-state index contributed by atoms with van der Waals surface area (Å²) in [5, 5.41) is 2.02. The number of amides is 3. The zero-order valence-electron chi connectivity index (χ0n) is 20.5. The first-order valence-corrected chi connectivity index (χ1v) is 9.97. The van der Waals surface area contributed by atoms with Crippen LogP contribution in [0.3, 0.4) is 0 Å². The number of nitrogens with one attached hydrogen (secondary N) is 1. The Bertz CT molecular complexity index is 1290. The van der Waals surface area contributed by atoms with Gasteiger partial charge in [-0.2, -0.15) is 8.78 Å². The number of rotatable bonds is 6. The highest BCUT2D eigenvalue weighted by atomic mass is 35.5. The second kappa shape index (κ2) is 8.43. The molecule has 2 aliphatic heterocycles. The van der Waals surface area contributed by atoms with Gasteiger partial charge in [-0.25, -0.2) is 0 Å². The molecular formula is C23H19ClF2N2O4. The summed E-state index contributed by atoms with van der Waals surface area (Å²) in [5.74, 6) is -8.46. The molecule has 0 bridgehead atoms. The highest BCUT2D eigenvalue weighted by molar-refractivity contribution is 6.30. The minimum atomic E-state index is -3.73. The fourth-order valence-electron chi connectivity index (χ4n) is 3.55. The molecule has 0 spiro atoms. The van der Waals surface area contributed by atoms with Crippen LogP contribution in [0.25, 0.3) is 0 Å². The number of alkyl halides is 2. The predicted octanol–water partition coefficient (Wildman–Crippen LogP) is 3.39. The quantitative estimate of drug-likeness (QED) is 0.664. The first kappa shape index (κ1) is 17.4. The lowest BCUT2D eigenvalue weighted by molar-refractivity contribution is -0.144. The molecule has 4 rings (SSSR count). The third-order valence-electron chi connectivity index (χ3n) is 5.23. The fraction of sp³-hybridized carbons (Fsp3) is 0.304. The van der Waals surface area contributed by atoms with Gasteiger partial charge < -0.3 is 4.90 Å². The van der Waals surface area contributed by atoms with Crippen LogP contribution in [0.2, 0.25) is 5.02 Å². The topological polar surface area (TPSA) is 83.6 Å². The summed E-state index contributed by atoms with van der Waals surface area (Å²) < 4.78 is 61.6. The summed E-state index contributed by atoms with van der Waals surface area (Å²) in [7, 11) is 0. The number of aryl methyl sites for hydroxylation is 1. The number of piperidine rings is 1. The number of halogens is 3. The van der Waals surface area contributed by atoms with Gasteiger partial charge in [0.25, 0.3) is 5.91 Å². The molecule has 0 aliphatic carbocycles. The van der Waals surface area contributed by atoms with E-state index in [0.29, 0.717) is 16.0 Å². The predicted molar refractivity (Wildman–Crippen MR) is 111 cm³/mol. The van der Waals surface area contributed by atoms with E-state index in [0.717, 1.165) is 12.1 Å². The number of hydrogen-bond acceptors (Lipinski definition) is 4. The Kier molecular flexibility index (Phi) is 4.59. The molecule has 1 N–H and O–H groups in total. The molecule has 0 aromatic heterocycles. The third kappa shape index (κ3) is 4.14. The summed E-state index contributed by atoms with van der Waals surface area (Å²) >= 11 is 5.71. The Hall–Kier alpha value is -3.13. The molecule has 2 atom stereocenters. The summed E-state index contributed by atoms with van der Waals surface area (Å²) in [4.78, 5) is 50.1. The molecule has 2 aromatic carbocycles. The van der Waals surface area contributed by atoms with Crippen molar-refractivity contribution in [3.63, 3.8) is 0 Å². The number of carbonyl (C=O) groups excluding carboxylic acids is 4. The summed E-state index contributed by atoms with van der Waals surface area (Å²) in [5.41, 5.74) is 0.305. The van der Waals surface area contributed by atoms with Crippen LogP contribution < -0.4 is 5.32 Å². The lowest BCUT2D eigenvalue weighted by atomic mass is 9.97. The zero-order valence-corrected chi connectivity index (χ0v) is 17.2. The molecule has 2 unspecified atom stereocenters. The summed E-state index contributed by atoms with van der Waals surface area (Å²) in [6.45, 7) is -0.381. The van der Waals surface area contributed by atoms with Crippen molar-refractivity contribution in [1.82, 2.24) is 10.2 Å². The van der Waals surface area contributed by atoms with Crippen molar-refractivity contribution in [2.24, 2.45) is 0 Å². The van der Waals surface area contributed by atoms with E-state index in [9.17, 15) is 28.0 Å². The van der Waals surface area contributed by atoms with Crippen LogP contribution in [0.5, 0.6) is 0 Å². The van der Waals surface area contributed by atoms with Crippen LogP contribution in [0, 0.1) is 0 Å². The van der Waals surface area contributed by atoms with E-state index in [2.05, 4.69) is 0 Å². The Morgan fingerprint density at radius 1 is 1.22 bits per heavy atom. The smallest absolute Gasteiger partial charge is 0.322 e. The molecule has 166 valence electrons. The lowest BCUT2D eigenvalue weighted by Gasteiger charge is -2.29. The number of fused-ring (bicyclic) bond motifs is 1. The molecule has 0 radical (unpaired) electrons. The fourth-order valence-corrected chi connectivity index (χ4v) is 3.68. The van der Waals surface area contributed by atoms with E-state index in [-0.39, 0.29) is 23.6 Å². The van der Waals surface area contributed by atoms with Gasteiger partial charge in [0, 0.05) is 39.6 Å². The minimum absolute atomic E-state index is 0.0604. The van der Waals surface area contributed by atoms with Gasteiger partial charge >= 0.3 is 5.92 Å². The van der Waals surface area contributed by atoms with Crippen molar-refractivity contribution >= 4 is 35.1 Å². The number of imide groups is 1. The van der Waals surface area contributed by atoms with Crippen molar-refractivity contribution in [2.45, 2.75) is 44.1 Å². The molecular weight excluding hydrogens is 442 g/mol. The van der Waals surface area contributed by atoms with Crippen molar-refractivity contribution in [2.75, 3.05) is 0 Å².